The fraction of sp³-hybridized carbons (Fsp3) is 0.583. The Balaban J connectivity index is 2.40. The second-order valence-corrected chi connectivity index (χ2v) is 5.38. The minimum atomic E-state index is -4.49. The van der Waals surface area contributed by atoms with Gasteiger partial charge in [-0.2, -0.15) is 13.2 Å². The van der Waals surface area contributed by atoms with E-state index in [1.165, 1.54) is 6.07 Å². The average Bonchev–Trinajstić information content (AvgIpc) is 2.23. The van der Waals surface area contributed by atoms with E-state index in [9.17, 15) is 18.0 Å². The smallest absolute Gasteiger partial charge is 0.304 e. The van der Waals surface area contributed by atoms with Gasteiger partial charge in [0, 0.05) is 17.9 Å². The van der Waals surface area contributed by atoms with Crippen molar-refractivity contribution < 1.29 is 13.2 Å². The van der Waals surface area contributed by atoms with Crippen molar-refractivity contribution in [2.45, 2.75) is 32.0 Å². The highest BCUT2D eigenvalue weighted by Crippen LogP contribution is 2.44. The Bertz CT molecular complexity index is 485. The molecule has 0 saturated heterocycles. The maximum Gasteiger partial charge on any atom is 0.431 e. The summed E-state index contributed by atoms with van der Waals surface area (Å²) in [6.45, 7) is 0.132. The summed E-state index contributed by atoms with van der Waals surface area (Å²) >= 11 is 3.34. The second kappa shape index (κ2) is 4.72. The third-order valence-corrected chi connectivity index (χ3v) is 4.72. The highest BCUT2D eigenvalue weighted by Gasteiger charge is 2.40. The molecule has 0 amide bonds. The lowest BCUT2D eigenvalue weighted by Gasteiger charge is -2.41. The summed E-state index contributed by atoms with van der Waals surface area (Å²) in [6.07, 6.45) is -1.76. The fourth-order valence-electron chi connectivity index (χ4n) is 2.28. The maximum atomic E-state index is 12.9. The van der Waals surface area contributed by atoms with Gasteiger partial charge in [-0.15, -0.1) is 0 Å². The van der Waals surface area contributed by atoms with Crippen LogP contribution in [0, 0.1) is 5.41 Å². The topological polar surface area (TPSA) is 22.0 Å². The van der Waals surface area contributed by atoms with Gasteiger partial charge in [-0.25, -0.2) is 0 Å². The lowest BCUT2D eigenvalue weighted by Crippen LogP contribution is -2.40. The third-order valence-electron chi connectivity index (χ3n) is 3.53. The first-order chi connectivity index (χ1) is 8.38. The Morgan fingerprint density at radius 2 is 2.00 bits per heavy atom. The van der Waals surface area contributed by atoms with Crippen molar-refractivity contribution in [1.29, 1.82) is 0 Å². The van der Waals surface area contributed by atoms with Crippen molar-refractivity contribution >= 4 is 15.9 Å². The van der Waals surface area contributed by atoms with Gasteiger partial charge in [0.05, 0.1) is 0 Å². The largest absolute Gasteiger partial charge is 0.431 e. The number of pyridine rings is 1. The zero-order valence-electron chi connectivity index (χ0n) is 9.63. The van der Waals surface area contributed by atoms with E-state index in [1.807, 2.05) is 0 Å². The molecule has 6 heteroatoms. The minimum Gasteiger partial charge on any atom is -0.304 e. The van der Waals surface area contributed by atoms with Gasteiger partial charge in [-0.05, 0) is 24.3 Å². The van der Waals surface area contributed by atoms with Crippen LogP contribution in [-0.2, 0) is 12.7 Å². The standard InChI is InChI=1S/C12H13BrF3NO/c13-7-11(5-2-6-11)8-17-9(12(14,15)16)3-1-4-10(17)18/h1,3-4H,2,5-8H2. The highest BCUT2D eigenvalue weighted by molar-refractivity contribution is 9.09. The number of halogens is 4. The molecule has 0 radical (unpaired) electrons. The summed E-state index contributed by atoms with van der Waals surface area (Å²) < 4.78 is 39.4. The monoisotopic (exact) mass is 323 g/mol. The normalized spacial score (nSPS) is 18.4. The summed E-state index contributed by atoms with van der Waals surface area (Å²) in [7, 11) is 0. The van der Waals surface area contributed by atoms with Gasteiger partial charge in [-0.1, -0.05) is 28.4 Å². The predicted molar refractivity (Wildman–Crippen MR) is 65.8 cm³/mol. The second-order valence-electron chi connectivity index (χ2n) is 4.82. The van der Waals surface area contributed by atoms with E-state index < -0.39 is 17.4 Å². The summed E-state index contributed by atoms with van der Waals surface area (Å²) in [5.74, 6) is 0. The fourth-order valence-corrected chi connectivity index (χ4v) is 3.02. The van der Waals surface area contributed by atoms with Crippen LogP contribution in [-0.4, -0.2) is 9.90 Å². The molecule has 1 aliphatic carbocycles. The van der Waals surface area contributed by atoms with Crippen molar-refractivity contribution in [3.05, 3.63) is 34.2 Å². The van der Waals surface area contributed by atoms with E-state index in [1.54, 1.807) is 0 Å². The predicted octanol–water partition coefficient (Wildman–Crippen LogP) is 3.43. The summed E-state index contributed by atoms with van der Waals surface area (Å²) in [5.41, 5.74) is -1.65. The molecule has 0 aliphatic heterocycles. The van der Waals surface area contributed by atoms with Gasteiger partial charge in [0.25, 0.3) is 5.56 Å². The SMILES string of the molecule is O=c1cccc(C(F)(F)F)n1CC1(CBr)CCC1. The van der Waals surface area contributed by atoms with Gasteiger partial charge < -0.3 is 4.57 Å². The summed E-state index contributed by atoms with van der Waals surface area (Å²) in [6, 6.07) is 3.29. The third kappa shape index (κ3) is 2.48. The van der Waals surface area contributed by atoms with Crippen LogP contribution >= 0.6 is 15.9 Å². The Morgan fingerprint density at radius 3 is 2.44 bits per heavy atom. The molecule has 1 saturated carbocycles. The van der Waals surface area contributed by atoms with E-state index in [4.69, 9.17) is 0 Å². The molecule has 1 aliphatic rings. The lowest BCUT2D eigenvalue weighted by molar-refractivity contribution is -0.145. The number of nitrogens with zero attached hydrogens (tertiary/aromatic N) is 1. The number of aromatic nitrogens is 1. The molecule has 0 bridgehead atoms. The van der Waals surface area contributed by atoms with Gasteiger partial charge >= 0.3 is 6.18 Å². The molecule has 0 N–H and O–H groups in total. The van der Waals surface area contributed by atoms with Gasteiger partial charge in [0.1, 0.15) is 5.69 Å². The van der Waals surface area contributed by atoms with Crippen LogP contribution in [0.3, 0.4) is 0 Å². The molecular formula is C12H13BrF3NO. The van der Waals surface area contributed by atoms with E-state index in [0.717, 1.165) is 36.0 Å². The van der Waals surface area contributed by atoms with Crippen molar-refractivity contribution in [3.8, 4) is 0 Å². The maximum absolute atomic E-state index is 12.9. The molecule has 1 aromatic rings. The number of hydrogen-bond acceptors (Lipinski definition) is 1. The quantitative estimate of drug-likeness (QED) is 0.781. The number of alkyl halides is 4. The molecule has 1 fully saturated rings. The van der Waals surface area contributed by atoms with Gasteiger partial charge in [-0.3, -0.25) is 4.79 Å². The van der Waals surface area contributed by atoms with Crippen molar-refractivity contribution in [3.63, 3.8) is 0 Å². The molecule has 0 atom stereocenters. The van der Waals surface area contributed by atoms with E-state index in [-0.39, 0.29) is 12.0 Å². The van der Waals surface area contributed by atoms with Crippen molar-refractivity contribution in [2.24, 2.45) is 5.41 Å². The van der Waals surface area contributed by atoms with Gasteiger partial charge in [0.15, 0.2) is 0 Å². The van der Waals surface area contributed by atoms with Crippen LogP contribution < -0.4 is 5.56 Å². The average molecular weight is 324 g/mol. The van der Waals surface area contributed by atoms with Crippen LogP contribution in [0.25, 0.3) is 0 Å². The molecule has 100 valence electrons. The first-order valence-corrected chi connectivity index (χ1v) is 6.83. The van der Waals surface area contributed by atoms with Crippen LogP contribution in [0.4, 0.5) is 13.2 Å². The van der Waals surface area contributed by atoms with E-state index >= 15 is 0 Å². The Labute approximate surface area is 111 Å². The van der Waals surface area contributed by atoms with Crippen LogP contribution in [0.2, 0.25) is 0 Å². The van der Waals surface area contributed by atoms with Gasteiger partial charge in [0.2, 0.25) is 0 Å². The molecule has 1 heterocycles. The van der Waals surface area contributed by atoms with Crippen LogP contribution in [0.5, 0.6) is 0 Å². The molecular weight excluding hydrogens is 311 g/mol. The molecule has 2 rings (SSSR count). The van der Waals surface area contributed by atoms with Crippen LogP contribution in [0.15, 0.2) is 23.0 Å². The van der Waals surface area contributed by atoms with E-state index in [2.05, 4.69) is 15.9 Å². The zero-order chi connectivity index (χ0) is 13.4. The number of hydrogen-bond donors (Lipinski definition) is 0. The number of rotatable bonds is 3. The lowest BCUT2D eigenvalue weighted by atomic mass is 9.70. The summed E-state index contributed by atoms with van der Waals surface area (Å²) in [5, 5.41) is 0.624. The first-order valence-electron chi connectivity index (χ1n) is 5.71. The minimum absolute atomic E-state index is 0.132. The molecule has 1 aromatic heterocycles. The molecule has 0 aromatic carbocycles. The highest BCUT2D eigenvalue weighted by atomic mass is 79.9. The molecule has 0 spiro atoms. The molecule has 2 nitrogen and oxygen atoms in total. The Hall–Kier alpha value is -0.780. The van der Waals surface area contributed by atoms with Crippen LogP contribution in [0.1, 0.15) is 25.0 Å². The Morgan fingerprint density at radius 1 is 1.33 bits per heavy atom. The van der Waals surface area contributed by atoms with Crippen molar-refractivity contribution in [1.82, 2.24) is 4.57 Å². The zero-order valence-corrected chi connectivity index (χ0v) is 11.2. The molecule has 0 unspecified atom stereocenters. The molecule has 18 heavy (non-hydrogen) atoms. The summed E-state index contributed by atoms with van der Waals surface area (Å²) in [4.78, 5) is 11.7. The first kappa shape index (κ1) is 13.6. The van der Waals surface area contributed by atoms with E-state index in [0.29, 0.717) is 5.33 Å². The van der Waals surface area contributed by atoms with Crippen molar-refractivity contribution in [2.75, 3.05) is 5.33 Å². The Kier molecular flexibility index (Phi) is 3.58.